The summed E-state index contributed by atoms with van der Waals surface area (Å²) in [6.07, 6.45) is 1.47. The lowest BCUT2D eigenvalue weighted by Crippen LogP contribution is -2.22. The van der Waals surface area contributed by atoms with Crippen LogP contribution in [0.5, 0.6) is 0 Å². The molecule has 7 heteroatoms. The topological polar surface area (TPSA) is 75.6 Å². The summed E-state index contributed by atoms with van der Waals surface area (Å²) < 4.78 is 29.7. The minimum atomic E-state index is -3.99. The minimum Gasteiger partial charge on any atom is -0.352 e. The van der Waals surface area contributed by atoms with Crippen molar-refractivity contribution in [3.8, 4) is 0 Å². The quantitative estimate of drug-likeness (QED) is 0.623. The third kappa shape index (κ3) is 4.06. The SMILES string of the molecule is Cc1cccc(NC2=CC(=NS(=O)(=O)c3ccc(Cl)cc3)c3ccccc3C2=O)c1. The molecule has 0 saturated carbocycles. The Kier molecular flexibility index (Phi) is 5.28. The van der Waals surface area contributed by atoms with Gasteiger partial charge in [-0.1, -0.05) is 48.0 Å². The maximum absolute atomic E-state index is 13.0. The number of ketones is 1. The monoisotopic (exact) mass is 436 g/mol. The number of halogens is 1. The lowest BCUT2D eigenvalue weighted by Gasteiger charge is -2.19. The molecule has 0 spiro atoms. The highest BCUT2D eigenvalue weighted by molar-refractivity contribution is 7.90. The van der Waals surface area contributed by atoms with Crippen molar-refractivity contribution in [2.24, 2.45) is 4.40 Å². The van der Waals surface area contributed by atoms with Crippen molar-refractivity contribution in [2.45, 2.75) is 11.8 Å². The summed E-state index contributed by atoms with van der Waals surface area (Å²) in [6.45, 7) is 1.95. The molecule has 0 amide bonds. The second kappa shape index (κ2) is 7.89. The Morgan fingerprint density at radius 3 is 2.30 bits per heavy atom. The molecule has 0 bridgehead atoms. The smallest absolute Gasteiger partial charge is 0.282 e. The predicted octanol–water partition coefficient (Wildman–Crippen LogP) is 5.02. The van der Waals surface area contributed by atoms with Crippen molar-refractivity contribution in [3.63, 3.8) is 0 Å². The normalized spacial score (nSPS) is 14.9. The van der Waals surface area contributed by atoms with Crippen molar-refractivity contribution in [1.29, 1.82) is 0 Å². The largest absolute Gasteiger partial charge is 0.352 e. The lowest BCUT2D eigenvalue weighted by atomic mass is 9.92. The lowest BCUT2D eigenvalue weighted by molar-refractivity contribution is 0.103. The average molecular weight is 437 g/mol. The number of carbonyl (C=O) groups excluding carboxylic acids is 1. The number of carbonyl (C=O) groups is 1. The fraction of sp³-hybridized carbons (Fsp3) is 0.0435. The van der Waals surface area contributed by atoms with Crippen LogP contribution in [0.1, 0.15) is 21.5 Å². The van der Waals surface area contributed by atoms with Crippen molar-refractivity contribution >= 4 is 38.8 Å². The van der Waals surface area contributed by atoms with Crippen LogP contribution in [0.25, 0.3) is 0 Å². The Balaban J connectivity index is 1.81. The molecular weight excluding hydrogens is 420 g/mol. The first kappa shape index (κ1) is 20.1. The fourth-order valence-electron chi connectivity index (χ4n) is 3.17. The van der Waals surface area contributed by atoms with Crippen LogP contribution < -0.4 is 5.32 Å². The number of rotatable bonds is 4. The van der Waals surface area contributed by atoms with Gasteiger partial charge < -0.3 is 5.32 Å². The Bertz CT molecular complexity index is 1310. The molecule has 0 aromatic heterocycles. The summed E-state index contributed by atoms with van der Waals surface area (Å²) in [5.74, 6) is -0.227. The Hall–Kier alpha value is -3.22. The van der Waals surface area contributed by atoms with E-state index >= 15 is 0 Å². The van der Waals surface area contributed by atoms with Crippen molar-refractivity contribution < 1.29 is 13.2 Å². The number of hydrogen-bond donors (Lipinski definition) is 1. The highest BCUT2D eigenvalue weighted by Gasteiger charge is 2.26. The molecule has 0 radical (unpaired) electrons. The highest BCUT2D eigenvalue weighted by Crippen LogP contribution is 2.25. The first-order valence-corrected chi connectivity index (χ1v) is 11.0. The Labute approximate surface area is 179 Å². The standard InChI is InChI=1S/C23H17ClN2O3S/c1-15-5-4-6-17(13-15)25-22-14-21(19-7-2-3-8-20(19)23(22)27)26-30(28,29)18-11-9-16(24)10-12-18/h2-14,25H,1H3. The van der Waals surface area contributed by atoms with E-state index in [2.05, 4.69) is 9.71 Å². The van der Waals surface area contributed by atoms with Crippen molar-refractivity contribution in [2.75, 3.05) is 5.32 Å². The molecular formula is C23H17ClN2O3S. The van der Waals surface area contributed by atoms with E-state index in [1.54, 1.807) is 24.3 Å². The second-order valence-electron chi connectivity index (χ2n) is 6.83. The molecule has 0 unspecified atom stereocenters. The minimum absolute atomic E-state index is 0.0235. The predicted molar refractivity (Wildman–Crippen MR) is 119 cm³/mol. The summed E-state index contributed by atoms with van der Waals surface area (Å²) in [4.78, 5) is 13.0. The van der Waals surface area contributed by atoms with Crippen LogP contribution in [-0.2, 0) is 10.0 Å². The first-order valence-electron chi connectivity index (χ1n) is 9.13. The van der Waals surface area contributed by atoms with Gasteiger partial charge in [0.25, 0.3) is 10.0 Å². The number of Topliss-reactive ketones (excluding diaryl/α,β-unsaturated/α-hetero) is 1. The Morgan fingerprint density at radius 1 is 0.900 bits per heavy atom. The molecule has 0 heterocycles. The molecule has 0 fully saturated rings. The van der Waals surface area contributed by atoms with Gasteiger partial charge in [-0.25, -0.2) is 0 Å². The highest BCUT2D eigenvalue weighted by atomic mass is 35.5. The van der Waals surface area contributed by atoms with E-state index in [1.807, 2.05) is 31.2 Å². The average Bonchev–Trinajstić information content (AvgIpc) is 2.72. The molecule has 1 aliphatic carbocycles. The van der Waals surface area contributed by atoms with Gasteiger partial charge in [-0.3, -0.25) is 4.79 Å². The third-order valence-electron chi connectivity index (χ3n) is 4.60. The molecule has 3 aromatic carbocycles. The van der Waals surface area contributed by atoms with Crippen LogP contribution >= 0.6 is 11.6 Å². The number of allylic oxidation sites excluding steroid dienone is 2. The van der Waals surface area contributed by atoms with E-state index in [0.717, 1.165) is 11.3 Å². The molecule has 0 aliphatic heterocycles. The molecule has 1 N–H and O–H groups in total. The van der Waals surface area contributed by atoms with E-state index in [0.29, 0.717) is 16.1 Å². The first-order chi connectivity index (χ1) is 14.3. The summed E-state index contributed by atoms with van der Waals surface area (Å²) in [5.41, 5.74) is 3.06. The van der Waals surface area contributed by atoms with Crippen LogP contribution in [0.15, 0.2) is 93.9 Å². The summed E-state index contributed by atoms with van der Waals surface area (Å²) >= 11 is 5.86. The van der Waals surface area contributed by atoms with E-state index in [1.165, 1.54) is 30.3 Å². The van der Waals surface area contributed by atoms with E-state index in [4.69, 9.17) is 11.6 Å². The van der Waals surface area contributed by atoms with E-state index < -0.39 is 10.0 Å². The molecule has 5 nitrogen and oxygen atoms in total. The van der Waals surface area contributed by atoms with Gasteiger partial charge >= 0.3 is 0 Å². The van der Waals surface area contributed by atoms with Gasteiger partial charge in [0.2, 0.25) is 5.78 Å². The number of benzene rings is 3. The fourth-order valence-corrected chi connectivity index (χ4v) is 4.29. The zero-order valence-electron chi connectivity index (χ0n) is 16.0. The Morgan fingerprint density at radius 2 is 1.60 bits per heavy atom. The van der Waals surface area contributed by atoms with Gasteiger partial charge in [0.1, 0.15) is 0 Å². The molecule has 0 atom stereocenters. The molecule has 1 aliphatic rings. The zero-order valence-corrected chi connectivity index (χ0v) is 17.5. The van der Waals surface area contributed by atoms with Crippen LogP contribution in [0.4, 0.5) is 5.69 Å². The van der Waals surface area contributed by atoms with E-state index in [-0.39, 0.29) is 22.1 Å². The number of aryl methyl sites for hydroxylation is 1. The molecule has 3 aromatic rings. The molecule has 150 valence electrons. The van der Waals surface area contributed by atoms with Crippen LogP contribution in [0, 0.1) is 6.92 Å². The molecule has 4 rings (SSSR count). The number of hydrogen-bond acceptors (Lipinski definition) is 4. The summed E-state index contributed by atoms with van der Waals surface area (Å²) in [5, 5.41) is 3.52. The number of nitrogens with one attached hydrogen (secondary N) is 1. The van der Waals surface area contributed by atoms with Crippen LogP contribution in [0.3, 0.4) is 0 Å². The zero-order chi connectivity index (χ0) is 21.3. The molecule has 0 saturated heterocycles. The maximum atomic E-state index is 13.0. The van der Waals surface area contributed by atoms with Gasteiger partial charge in [-0.2, -0.15) is 12.8 Å². The number of anilines is 1. The third-order valence-corrected chi connectivity index (χ3v) is 6.16. The van der Waals surface area contributed by atoms with Crippen molar-refractivity contribution in [3.05, 3.63) is 106 Å². The summed E-state index contributed by atoms with van der Waals surface area (Å²) in [7, 11) is -3.99. The summed E-state index contributed by atoms with van der Waals surface area (Å²) in [6, 6.07) is 20.2. The second-order valence-corrected chi connectivity index (χ2v) is 8.87. The van der Waals surface area contributed by atoms with Gasteiger partial charge in [-0.15, -0.1) is 0 Å². The van der Waals surface area contributed by atoms with Gasteiger partial charge in [0.05, 0.1) is 16.3 Å². The number of fused-ring (bicyclic) bond motifs is 1. The number of sulfonamides is 1. The van der Waals surface area contributed by atoms with Gasteiger partial charge in [0, 0.05) is 21.8 Å². The number of nitrogens with zero attached hydrogens (tertiary/aromatic N) is 1. The van der Waals surface area contributed by atoms with Gasteiger partial charge in [0.15, 0.2) is 0 Å². The van der Waals surface area contributed by atoms with Crippen LogP contribution in [-0.4, -0.2) is 19.9 Å². The van der Waals surface area contributed by atoms with E-state index in [9.17, 15) is 13.2 Å². The molecule has 30 heavy (non-hydrogen) atoms. The maximum Gasteiger partial charge on any atom is 0.282 e. The van der Waals surface area contributed by atoms with Gasteiger partial charge in [-0.05, 0) is 55.0 Å². The van der Waals surface area contributed by atoms with Crippen molar-refractivity contribution in [1.82, 2.24) is 0 Å². The van der Waals surface area contributed by atoms with Crippen LogP contribution in [0.2, 0.25) is 5.02 Å².